The number of nitrogens with zero attached hydrogens (tertiary/aromatic N) is 1. The molecule has 196 valence electrons. The second-order valence-corrected chi connectivity index (χ2v) is 9.04. The summed E-state index contributed by atoms with van der Waals surface area (Å²) in [5, 5.41) is 11.5. The van der Waals surface area contributed by atoms with Crippen molar-refractivity contribution in [3.8, 4) is 23.0 Å². The van der Waals surface area contributed by atoms with Crippen LogP contribution < -0.4 is 23.8 Å². The molecule has 1 N–H and O–H groups in total. The lowest BCUT2D eigenvalue weighted by atomic mass is 9.94. The molecule has 0 radical (unpaired) electrons. The number of carbonyl (C=O) groups is 2. The van der Waals surface area contributed by atoms with Crippen LogP contribution in [-0.4, -0.2) is 36.8 Å². The Labute approximate surface area is 221 Å². The summed E-state index contributed by atoms with van der Waals surface area (Å²) in [5.41, 5.74) is 2.28. The molecule has 1 unspecified atom stereocenters. The molecule has 0 spiro atoms. The predicted molar refractivity (Wildman–Crippen MR) is 142 cm³/mol. The third-order valence-electron chi connectivity index (χ3n) is 6.47. The minimum absolute atomic E-state index is 0.0112. The van der Waals surface area contributed by atoms with Crippen molar-refractivity contribution in [2.45, 2.75) is 33.2 Å². The quantitative estimate of drug-likeness (QED) is 0.239. The van der Waals surface area contributed by atoms with Crippen molar-refractivity contribution in [2.24, 2.45) is 0 Å². The molecule has 8 nitrogen and oxygen atoms in total. The minimum Gasteiger partial charge on any atom is -0.507 e. The highest BCUT2D eigenvalue weighted by Crippen LogP contribution is 2.45. The number of aliphatic hydroxyl groups excluding tert-OH is 1. The van der Waals surface area contributed by atoms with E-state index < -0.39 is 17.7 Å². The first kappa shape index (κ1) is 25.2. The molecule has 3 aromatic carbocycles. The van der Waals surface area contributed by atoms with E-state index in [0.717, 1.165) is 12.0 Å². The molecule has 1 saturated heterocycles. The third-order valence-corrected chi connectivity index (χ3v) is 6.47. The molecule has 2 aliphatic rings. The molecule has 0 aromatic heterocycles. The number of ether oxygens (including phenoxy) is 4. The van der Waals surface area contributed by atoms with Crippen LogP contribution in [0, 0.1) is 6.92 Å². The summed E-state index contributed by atoms with van der Waals surface area (Å²) in [7, 11) is 0. The fraction of sp³-hybridized carbons (Fsp3) is 0.267. The van der Waals surface area contributed by atoms with Crippen LogP contribution in [-0.2, 0) is 9.59 Å². The molecule has 38 heavy (non-hydrogen) atoms. The van der Waals surface area contributed by atoms with Gasteiger partial charge in [-0.25, -0.2) is 0 Å². The van der Waals surface area contributed by atoms with Crippen molar-refractivity contribution >= 4 is 23.1 Å². The molecule has 3 aromatic rings. The van der Waals surface area contributed by atoms with Gasteiger partial charge in [0.05, 0.1) is 24.8 Å². The van der Waals surface area contributed by atoms with Crippen molar-refractivity contribution in [2.75, 3.05) is 24.9 Å². The molecule has 1 fully saturated rings. The Morgan fingerprint density at radius 2 is 1.82 bits per heavy atom. The summed E-state index contributed by atoms with van der Waals surface area (Å²) in [6.07, 6.45) is 0.866. The molecule has 1 amide bonds. The molecule has 1 atom stereocenters. The summed E-state index contributed by atoms with van der Waals surface area (Å²) >= 11 is 0. The average Bonchev–Trinajstić information content (AvgIpc) is 3.49. The van der Waals surface area contributed by atoms with Crippen LogP contribution in [0.4, 0.5) is 5.69 Å². The van der Waals surface area contributed by atoms with Crippen molar-refractivity contribution < 1.29 is 33.6 Å². The summed E-state index contributed by atoms with van der Waals surface area (Å²) < 4.78 is 22.4. The van der Waals surface area contributed by atoms with Crippen LogP contribution >= 0.6 is 0 Å². The van der Waals surface area contributed by atoms with Crippen LogP contribution in [0.2, 0.25) is 0 Å². The van der Waals surface area contributed by atoms with Gasteiger partial charge in [-0.1, -0.05) is 19.1 Å². The molecular formula is C30H29NO7. The highest BCUT2D eigenvalue weighted by Gasteiger charge is 2.47. The number of amides is 1. The lowest BCUT2D eigenvalue weighted by Gasteiger charge is -2.26. The Balaban J connectivity index is 1.65. The number of ketones is 1. The summed E-state index contributed by atoms with van der Waals surface area (Å²) in [6, 6.07) is 16.5. The summed E-state index contributed by atoms with van der Waals surface area (Å²) in [5.74, 6) is 0.529. The van der Waals surface area contributed by atoms with E-state index in [0.29, 0.717) is 53.0 Å². The van der Waals surface area contributed by atoms with E-state index in [9.17, 15) is 14.7 Å². The smallest absolute Gasteiger partial charge is 0.300 e. The van der Waals surface area contributed by atoms with Crippen molar-refractivity contribution in [1.29, 1.82) is 0 Å². The maximum Gasteiger partial charge on any atom is 0.300 e. The number of benzene rings is 3. The van der Waals surface area contributed by atoms with Gasteiger partial charge in [-0.3, -0.25) is 14.5 Å². The highest BCUT2D eigenvalue weighted by atomic mass is 16.7. The zero-order valence-corrected chi connectivity index (χ0v) is 21.5. The van der Waals surface area contributed by atoms with Gasteiger partial charge in [-0.05, 0) is 73.9 Å². The second kappa shape index (κ2) is 10.5. The first-order valence-corrected chi connectivity index (χ1v) is 12.6. The Morgan fingerprint density at radius 1 is 1.00 bits per heavy atom. The largest absolute Gasteiger partial charge is 0.507 e. The maximum atomic E-state index is 13.5. The van der Waals surface area contributed by atoms with E-state index in [4.69, 9.17) is 18.9 Å². The molecule has 8 heteroatoms. The Morgan fingerprint density at radius 3 is 2.58 bits per heavy atom. The normalized spacial score (nSPS) is 17.7. The van der Waals surface area contributed by atoms with E-state index in [1.54, 1.807) is 60.7 Å². The Hall–Kier alpha value is -4.46. The van der Waals surface area contributed by atoms with Crippen LogP contribution in [0.3, 0.4) is 0 Å². The minimum atomic E-state index is -0.896. The number of anilines is 1. The van der Waals surface area contributed by atoms with Gasteiger partial charge in [-0.15, -0.1) is 0 Å². The fourth-order valence-electron chi connectivity index (χ4n) is 4.72. The van der Waals surface area contributed by atoms with Gasteiger partial charge in [0, 0.05) is 17.3 Å². The van der Waals surface area contributed by atoms with E-state index >= 15 is 0 Å². The van der Waals surface area contributed by atoms with E-state index in [1.807, 2.05) is 20.8 Å². The summed E-state index contributed by atoms with van der Waals surface area (Å²) in [6.45, 7) is 6.88. The molecule has 5 rings (SSSR count). The monoisotopic (exact) mass is 515 g/mol. The Kier molecular flexibility index (Phi) is 6.96. The second-order valence-electron chi connectivity index (χ2n) is 9.04. The first-order chi connectivity index (χ1) is 18.4. The number of fused-ring (bicyclic) bond motifs is 1. The molecule has 2 aliphatic heterocycles. The van der Waals surface area contributed by atoms with Crippen molar-refractivity contribution in [3.63, 3.8) is 0 Å². The highest BCUT2D eigenvalue weighted by molar-refractivity contribution is 6.51. The third kappa shape index (κ3) is 4.53. The number of Topliss-reactive ketones (excluding diaryl/α,β-unsaturated/α-hetero) is 1. The summed E-state index contributed by atoms with van der Waals surface area (Å²) in [4.78, 5) is 28.4. The number of hydrogen-bond acceptors (Lipinski definition) is 7. The number of aryl methyl sites for hydroxylation is 1. The van der Waals surface area contributed by atoms with Gasteiger partial charge in [0.2, 0.25) is 6.79 Å². The standard InChI is InChI=1S/C30H29NO7/c1-4-13-36-23-11-9-20(14-18(23)3)28(32)26-27(19-7-6-8-22(15-19)35-5-2)31(30(34)29(26)33)21-10-12-24-25(16-21)38-17-37-24/h6-12,14-16,27,32H,4-5,13,17H2,1-3H3/b28-26+. The van der Waals surface area contributed by atoms with Gasteiger partial charge < -0.3 is 24.1 Å². The van der Waals surface area contributed by atoms with Gasteiger partial charge in [-0.2, -0.15) is 0 Å². The van der Waals surface area contributed by atoms with Gasteiger partial charge in [0.15, 0.2) is 11.5 Å². The molecule has 2 heterocycles. The number of aliphatic hydroxyl groups is 1. The lowest BCUT2D eigenvalue weighted by molar-refractivity contribution is -0.132. The zero-order chi connectivity index (χ0) is 26.8. The number of rotatable bonds is 8. The first-order valence-electron chi connectivity index (χ1n) is 12.6. The topological polar surface area (TPSA) is 94.5 Å². The number of carbonyl (C=O) groups excluding carboxylic acids is 2. The lowest BCUT2D eigenvalue weighted by Crippen LogP contribution is -2.29. The zero-order valence-electron chi connectivity index (χ0n) is 21.5. The average molecular weight is 516 g/mol. The van der Waals surface area contributed by atoms with E-state index in [2.05, 4.69) is 0 Å². The Bertz CT molecular complexity index is 1430. The van der Waals surface area contributed by atoms with Gasteiger partial charge in [0.25, 0.3) is 11.7 Å². The van der Waals surface area contributed by atoms with Crippen molar-refractivity contribution in [3.05, 3.63) is 82.9 Å². The van der Waals surface area contributed by atoms with Crippen LogP contribution in [0.1, 0.15) is 43.0 Å². The molecule has 0 saturated carbocycles. The van der Waals surface area contributed by atoms with Gasteiger partial charge >= 0.3 is 0 Å². The van der Waals surface area contributed by atoms with E-state index in [1.165, 1.54) is 4.90 Å². The van der Waals surface area contributed by atoms with E-state index in [-0.39, 0.29) is 18.1 Å². The molecule has 0 aliphatic carbocycles. The van der Waals surface area contributed by atoms with Crippen LogP contribution in [0.25, 0.3) is 5.76 Å². The fourth-order valence-corrected chi connectivity index (χ4v) is 4.72. The van der Waals surface area contributed by atoms with Crippen LogP contribution in [0.5, 0.6) is 23.0 Å². The molecule has 0 bridgehead atoms. The van der Waals surface area contributed by atoms with Gasteiger partial charge in [0.1, 0.15) is 17.3 Å². The maximum absolute atomic E-state index is 13.5. The SMILES string of the molecule is CCCOc1ccc(/C(O)=C2\C(=O)C(=O)N(c3ccc4c(c3)OCO4)C2c2cccc(OCC)c2)cc1C. The number of hydrogen-bond donors (Lipinski definition) is 1. The predicted octanol–water partition coefficient (Wildman–Crippen LogP) is 5.54. The molecular weight excluding hydrogens is 486 g/mol. The van der Waals surface area contributed by atoms with Crippen LogP contribution in [0.15, 0.2) is 66.2 Å². The van der Waals surface area contributed by atoms with Crippen molar-refractivity contribution in [1.82, 2.24) is 0 Å².